The molecule has 0 fully saturated rings. The highest BCUT2D eigenvalue weighted by Gasteiger charge is 2.11. The number of methoxy groups -OCH3 is 2. The summed E-state index contributed by atoms with van der Waals surface area (Å²) in [4.78, 5) is 17.7. The molecule has 0 radical (unpaired) electrons. The maximum absolute atomic E-state index is 13.0. The first-order chi connectivity index (χ1) is 13.1. The Labute approximate surface area is 160 Å². The van der Waals surface area contributed by atoms with Gasteiger partial charge in [0, 0.05) is 23.1 Å². The van der Waals surface area contributed by atoms with E-state index in [-0.39, 0.29) is 11.7 Å². The average Bonchev–Trinajstić information content (AvgIpc) is 3.14. The summed E-state index contributed by atoms with van der Waals surface area (Å²) in [5.74, 6) is 0.605. The Morgan fingerprint density at radius 1 is 1.11 bits per heavy atom. The topological polar surface area (TPSA) is 60.5 Å². The molecular formula is C20H19FN2O3S. The molecule has 3 rings (SSSR count). The van der Waals surface area contributed by atoms with E-state index in [0.717, 1.165) is 15.4 Å². The molecule has 0 atom stereocenters. The summed E-state index contributed by atoms with van der Waals surface area (Å²) in [6.45, 7) is 0.335. The first-order valence-corrected chi connectivity index (χ1v) is 9.09. The minimum absolute atomic E-state index is 0.216. The van der Waals surface area contributed by atoms with Crippen molar-refractivity contribution in [2.45, 2.75) is 13.0 Å². The van der Waals surface area contributed by atoms with Crippen molar-refractivity contribution < 1.29 is 18.7 Å². The van der Waals surface area contributed by atoms with Gasteiger partial charge in [0.1, 0.15) is 10.8 Å². The lowest BCUT2D eigenvalue weighted by atomic mass is 10.1. The zero-order valence-corrected chi connectivity index (χ0v) is 15.8. The fraction of sp³-hybridized carbons (Fsp3) is 0.200. The van der Waals surface area contributed by atoms with Crippen LogP contribution in [0.5, 0.6) is 11.5 Å². The maximum Gasteiger partial charge on any atom is 0.251 e. The van der Waals surface area contributed by atoms with Crippen LogP contribution in [0, 0.1) is 5.82 Å². The lowest BCUT2D eigenvalue weighted by molar-refractivity contribution is 0.0950. The van der Waals surface area contributed by atoms with Gasteiger partial charge in [0.25, 0.3) is 5.91 Å². The Morgan fingerprint density at radius 2 is 1.85 bits per heavy atom. The summed E-state index contributed by atoms with van der Waals surface area (Å²) >= 11 is 1.52. The maximum atomic E-state index is 13.0. The molecule has 0 saturated heterocycles. The standard InChI is InChI=1S/C20H19FN2O3S/c1-25-17-8-5-14(10-18(17)26-2)20(24)23-12-19-22-11-16(27-19)9-13-3-6-15(21)7-4-13/h3-8,10-11H,9,12H2,1-2H3,(H,23,24). The zero-order valence-electron chi connectivity index (χ0n) is 15.0. The van der Waals surface area contributed by atoms with E-state index in [2.05, 4.69) is 10.3 Å². The molecule has 27 heavy (non-hydrogen) atoms. The number of hydrogen-bond acceptors (Lipinski definition) is 5. The molecule has 1 amide bonds. The fourth-order valence-corrected chi connectivity index (χ4v) is 3.45. The molecule has 7 heteroatoms. The largest absolute Gasteiger partial charge is 0.493 e. The van der Waals surface area contributed by atoms with Crippen LogP contribution in [0.15, 0.2) is 48.7 Å². The Morgan fingerprint density at radius 3 is 2.56 bits per heavy atom. The molecule has 2 aromatic carbocycles. The van der Waals surface area contributed by atoms with E-state index >= 15 is 0 Å². The van der Waals surface area contributed by atoms with Gasteiger partial charge in [0.2, 0.25) is 0 Å². The van der Waals surface area contributed by atoms with E-state index in [1.807, 2.05) is 0 Å². The number of hydrogen-bond donors (Lipinski definition) is 1. The number of thiazole rings is 1. The number of amides is 1. The number of nitrogens with zero attached hydrogens (tertiary/aromatic N) is 1. The van der Waals surface area contributed by atoms with Crippen molar-refractivity contribution in [2.75, 3.05) is 14.2 Å². The zero-order chi connectivity index (χ0) is 19.2. The molecule has 0 saturated carbocycles. The van der Waals surface area contributed by atoms with E-state index in [1.165, 1.54) is 30.6 Å². The normalized spacial score (nSPS) is 10.5. The Bertz CT molecular complexity index is 925. The number of aromatic nitrogens is 1. The molecular weight excluding hydrogens is 367 g/mol. The van der Waals surface area contributed by atoms with E-state index in [9.17, 15) is 9.18 Å². The molecule has 0 aliphatic carbocycles. The van der Waals surface area contributed by atoms with Gasteiger partial charge in [-0.1, -0.05) is 12.1 Å². The summed E-state index contributed by atoms with van der Waals surface area (Å²) in [6, 6.07) is 11.4. The van der Waals surface area contributed by atoms with Crippen LogP contribution < -0.4 is 14.8 Å². The summed E-state index contributed by atoms with van der Waals surface area (Å²) < 4.78 is 23.4. The number of halogens is 1. The van der Waals surface area contributed by atoms with Crippen LogP contribution in [0.1, 0.15) is 25.8 Å². The molecule has 3 aromatic rings. The van der Waals surface area contributed by atoms with Gasteiger partial charge in [-0.25, -0.2) is 9.37 Å². The van der Waals surface area contributed by atoms with Crippen LogP contribution in [-0.4, -0.2) is 25.1 Å². The van der Waals surface area contributed by atoms with Gasteiger partial charge in [-0.05, 0) is 35.9 Å². The smallest absolute Gasteiger partial charge is 0.251 e. The molecule has 0 aliphatic heterocycles. The third-order valence-electron chi connectivity index (χ3n) is 3.94. The van der Waals surface area contributed by atoms with E-state index in [0.29, 0.717) is 30.0 Å². The number of ether oxygens (including phenoxy) is 2. The predicted octanol–water partition coefficient (Wildman–Crippen LogP) is 3.82. The van der Waals surface area contributed by atoms with Crippen molar-refractivity contribution in [3.63, 3.8) is 0 Å². The minimum Gasteiger partial charge on any atom is -0.493 e. The number of carbonyl (C=O) groups excluding carboxylic acids is 1. The summed E-state index contributed by atoms with van der Waals surface area (Å²) in [5.41, 5.74) is 1.50. The average molecular weight is 386 g/mol. The first-order valence-electron chi connectivity index (χ1n) is 8.27. The third-order valence-corrected chi connectivity index (χ3v) is 4.94. The highest BCUT2D eigenvalue weighted by Crippen LogP contribution is 2.27. The molecule has 0 bridgehead atoms. The van der Waals surface area contributed by atoms with Crippen LogP contribution in [-0.2, 0) is 13.0 Å². The summed E-state index contributed by atoms with van der Waals surface area (Å²) in [7, 11) is 3.07. The van der Waals surface area contributed by atoms with Gasteiger partial charge in [-0.15, -0.1) is 11.3 Å². The van der Waals surface area contributed by atoms with Crippen LogP contribution in [0.25, 0.3) is 0 Å². The number of rotatable bonds is 7. The highest BCUT2D eigenvalue weighted by atomic mass is 32.1. The number of carbonyl (C=O) groups is 1. The summed E-state index contributed by atoms with van der Waals surface area (Å²) in [5, 5.41) is 3.66. The van der Waals surface area contributed by atoms with E-state index in [1.54, 1.807) is 43.6 Å². The predicted molar refractivity (Wildman–Crippen MR) is 102 cm³/mol. The molecule has 140 valence electrons. The molecule has 0 spiro atoms. The van der Waals surface area contributed by atoms with Crippen molar-refractivity contribution >= 4 is 17.2 Å². The molecule has 1 N–H and O–H groups in total. The van der Waals surface area contributed by atoms with Crippen molar-refractivity contribution in [1.29, 1.82) is 0 Å². The van der Waals surface area contributed by atoms with Crippen LogP contribution >= 0.6 is 11.3 Å². The second-order valence-electron chi connectivity index (χ2n) is 5.78. The van der Waals surface area contributed by atoms with Crippen molar-refractivity contribution in [2.24, 2.45) is 0 Å². The molecule has 0 unspecified atom stereocenters. The number of nitrogens with one attached hydrogen (secondary N) is 1. The van der Waals surface area contributed by atoms with Crippen molar-refractivity contribution in [3.05, 3.63) is 75.5 Å². The molecule has 1 heterocycles. The SMILES string of the molecule is COc1ccc(C(=O)NCc2ncc(Cc3ccc(F)cc3)s2)cc1OC. The van der Waals surface area contributed by atoms with Gasteiger partial charge in [-0.3, -0.25) is 4.79 Å². The van der Waals surface area contributed by atoms with Gasteiger partial charge in [0.05, 0.1) is 20.8 Å². The molecule has 5 nitrogen and oxygen atoms in total. The highest BCUT2D eigenvalue weighted by molar-refractivity contribution is 7.11. The summed E-state index contributed by atoms with van der Waals surface area (Å²) in [6.07, 6.45) is 2.47. The third kappa shape index (κ3) is 4.83. The number of benzene rings is 2. The minimum atomic E-state index is -0.249. The second kappa shape index (κ2) is 8.64. The Hall–Kier alpha value is -2.93. The molecule has 0 aliphatic rings. The van der Waals surface area contributed by atoms with Gasteiger partial charge < -0.3 is 14.8 Å². The van der Waals surface area contributed by atoms with Gasteiger partial charge in [-0.2, -0.15) is 0 Å². The van der Waals surface area contributed by atoms with E-state index in [4.69, 9.17) is 9.47 Å². The van der Waals surface area contributed by atoms with Crippen molar-refractivity contribution in [3.8, 4) is 11.5 Å². The lowest BCUT2D eigenvalue weighted by Gasteiger charge is -2.09. The van der Waals surface area contributed by atoms with Crippen LogP contribution in [0.4, 0.5) is 4.39 Å². The first kappa shape index (κ1) is 18.8. The molecule has 1 aromatic heterocycles. The monoisotopic (exact) mass is 386 g/mol. The van der Waals surface area contributed by atoms with Crippen molar-refractivity contribution in [1.82, 2.24) is 10.3 Å². The second-order valence-corrected chi connectivity index (χ2v) is 6.98. The van der Waals surface area contributed by atoms with Gasteiger partial charge >= 0.3 is 0 Å². The Kier molecular flexibility index (Phi) is 6.03. The van der Waals surface area contributed by atoms with Crippen LogP contribution in [0.2, 0.25) is 0 Å². The fourth-order valence-electron chi connectivity index (χ4n) is 2.55. The lowest BCUT2D eigenvalue weighted by Crippen LogP contribution is -2.22. The van der Waals surface area contributed by atoms with Crippen LogP contribution in [0.3, 0.4) is 0 Å². The Balaban J connectivity index is 1.59. The quantitative estimate of drug-likeness (QED) is 0.671. The van der Waals surface area contributed by atoms with Gasteiger partial charge in [0.15, 0.2) is 11.5 Å². The van der Waals surface area contributed by atoms with E-state index < -0.39 is 0 Å².